The van der Waals surface area contributed by atoms with Crippen LogP contribution in [0.5, 0.6) is 5.75 Å². The van der Waals surface area contributed by atoms with Gasteiger partial charge in [-0.05, 0) is 30.7 Å². The molecule has 3 rings (SSSR count). The Labute approximate surface area is 110 Å². The predicted octanol–water partition coefficient (Wildman–Crippen LogP) is 2.32. The Kier molecular flexibility index (Phi) is 2.59. The summed E-state index contributed by atoms with van der Waals surface area (Å²) in [6.45, 7) is 2.03. The van der Waals surface area contributed by atoms with Crippen LogP contribution in [0.15, 0.2) is 36.7 Å². The van der Waals surface area contributed by atoms with E-state index in [0.717, 1.165) is 28.0 Å². The summed E-state index contributed by atoms with van der Waals surface area (Å²) in [4.78, 5) is 8.38. The molecular weight excluding hydrogens is 240 g/mol. The van der Waals surface area contributed by atoms with Crippen LogP contribution in [-0.4, -0.2) is 21.6 Å². The van der Waals surface area contributed by atoms with E-state index in [1.807, 2.05) is 35.8 Å². The number of nitrogen functional groups attached to an aromatic ring is 1. The lowest BCUT2D eigenvalue weighted by Crippen LogP contribution is -2.03. The molecule has 0 saturated heterocycles. The second-order valence-electron chi connectivity index (χ2n) is 4.35. The van der Waals surface area contributed by atoms with Crippen LogP contribution in [0.25, 0.3) is 16.7 Å². The number of nitrogens with zero attached hydrogens (tertiary/aromatic N) is 3. The largest absolute Gasteiger partial charge is 0.495 e. The van der Waals surface area contributed by atoms with Gasteiger partial charge in [0, 0.05) is 6.20 Å². The fourth-order valence-electron chi connectivity index (χ4n) is 2.18. The minimum absolute atomic E-state index is 0.423. The molecule has 2 heterocycles. The molecule has 0 amide bonds. The number of fused-ring (bicyclic) bond motifs is 1. The molecule has 96 valence electrons. The first-order valence-electron chi connectivity index (χ1n) is 5.93. The first kappa shape index (κ1) is 11.5. The second-order valence-corrected chi connectivity index (χ2v) is 4.35. The fourth-order valence-corrected chi connectivity index (χ4v) is 2.18. The number of nitrogens with two attached hydrogens (primary N) is 1. The Morgan fingerprint density at radius 2 is 2.11 bits per heavy atom. The minimum atomic E-state index is 0.423. The Balaban J connectivity index is 2.35. The van der Waals surface area contributed by atoms with Crippen LogP contribution in [0.4, 0.5) is 5.95 Å². The number of methoxy groups -OCH3 is 1. The van der Waals surface area contributed by atoms with Gasteiger partial charge in [0.1, 0.15) is 11.3 Å². The van der Waals surface area contributed by atoms with Gasteiger partial charge in [-0.25, -0.2) is 4.98 Å². The molecule has 5 heteroatoms. The maximum absolute atomic E-state index is 6.03. The summed E-state index contributed by atoms with van der Waals surface area (Å²) in [5.41, 5.74) is 9.72. The van der Waals surface area contributed by atoms with Crippen molar-refractivity contribution < 1.29 is 4.74 Å². The zero-order valence-electron chi connectivity index (χ0n) is 10.8. The molecule has 19 heavy (non-hydrogen) atoms. The predicted molar refractivity (Wildman–Crippen MR) is 74.6 cm³/mol. The third-order valence-corrected chi connectivity index (χ3v) is 3.06. The highest BCUT2D eigenvalue weighted by Gasteiger charge is 2.13. The molecule has 0 aliphatic carbocycles. The van der Waals surface area contributed by atoms with E-state index in [2.05, 4.69) is 9.97 Å². The van der Waals surface area contributed by atoms with Crippen molar-refractivity contribution in [1.29, 1.82) is 0 Å². The van der Waals surface area contributed by atoms with Crippen LogP contribution in [0, 0.1) is 6.92 Å². The van der Waals surface area contributed by atoms with Crippen molar-refractivity contribution in [3.05, 3.63) is 42.2 Å². The highest BCUT2D eigenvalue weighted by Crippen LogP contribution is 2.29. The zero-order chi connectivity index (χ0) is 13.4. The molecule has 0 aliphatic heterocycles. The maximum atomic E-state index is 6.03. The lowest BCUT2D eigenvalue weighted by Gasteiger charge is -2.12. The molecule has 0 spiro atoms. The van der Waals surface area contributed by atoms with Crippen molar-refractivity contribution in [1.82, 2.24) is 14.5 Å². The SMILES string of the molecule is COc1ccc(C)cc1-n1c(N)nc2cnccc21. The Morgan fingerprint density at radius 1 is 1.26 bits per heavy atom. The highest BCUT2D eigenvalue weighted by atomic mass is 16.5. The molecule has 0 atom stereocenters. The topological polar surface area (TPSA) is 66.0 Å². The molecule has 2 N–H and O–H groups in total. The minimum Gasteiger partial charge on any atom is -0.495 e. The summed E-state index contributed by atoms with van der Waals surface area (Å²) in [6.07, 6.45) is 3.42. The monoisotopic (exact) mass is 254 g/mol. The number of anilines is 1. The van der Waals surface area contributed by atoms with Crippen molar-refractivity contribution in [2.24, 2.45) is 0 Å². The number of rotatable bonds is 2. The molecule has 3 aromatic rings. The number of aryl methyl sites for hydroxylation is 1. The van der Waals surface area contributed by atoms with Crippen LogP contribution in [-0.2, 0) is 0 Å². The quantitative estimate of drug-likeness (QED) is 0.762. The van der Waals surface area contributed by atoms with Gasteiger partial charge in [0.25, 0.3) is 0 Å². The van der Waals surface area contributed by atoms with Gasteiger partial charge in [-0.15, -0.1) is 0 Å². The van der Waals surface area contributed by atoms with Crippen LogP contribution in [0.2, 0.25) is 0 Å². The van der Waals surface area contributed by atoms with Gasteiger partial charge in [0.15, 0.2) is 0 Å². The fraction of sp³-hybridized carbons (Fsp3) is 0.143. The average Bonchev–Trinajstić information content (AvgIpc) is 2.74. The van der Waals surface area contributed by atoms with Gasteiger partial charge < -0.3 is 10.5 Å². The van der Waals surface area contributed by atoms with E-state index in [0.29, 0.717) is 5.95 Å². The van der Waals surface area contributed by atoms with Gasteiger partial charge >= 0.3 is 0 Å². The van der Waals surface area contributed by atoms with E-state index in [9.17, 15) is 0 Å². The van der Waals surface area contributed by atoms with Crippen LogP contribution in [0.1, 0.15) is 5.56 Å². The first-order valence-corrected chi connectivity index (χ1v) is 5.93. The lowest BCUT2D eigenvalue weighted by molar-refractivity contribution is 0.413. The number of benzene rings is 1. The Bertz CT molecular complexity index is 748. The summed E-state index contributed by atoms with van der Waals surface area (Å²) in [5, 5.41) is 0. The van der Waals surface area contributed by atoms with Gasteiger partial charge in [0.2, 0.25) is 5.95 Å². The molecular formula is C14H14N4O. The van der Waals surface area contributed by atoms with Gasteiger partial charge in [-0.3, -0.25) is 9.55 Å². The molecule has 0 aliphatic rings. The second kappa shape index (κ2) is 4.28. The molecule has 5 nitrogen and oxygen atoms in total. The number of aromatic nitrogens is 3. The molecule has 0 fully saturated rings. The summed E-state index contributed by atoms with van der Waals surface area (Å²) >= 11 is 0. The van der Waals surface area contributed by atoms with E-state index < -0.39 is 0 Å². The maximum Gasteiger partial charge on any atom is 0.206 e. The summed E-state index contributed by atoms with van der Waals surface area (Å²) in [7, 11) is 1.64. The summed E-state index contributed by atoms with van der Waals surface area (Å²) in [6, 6.07) is 7.84. The van der Waals surface area contributed by atoms with E-state index in [1.54, 1.807) is 19.5 Å². The molecule has 0 radical (unpaired) electrons. The molecule has 0 bridgehead atoms. The smallest absolute Gasteiger partial charge is 0.206 e. The average molecular weight is 254 g/mol. The number of hydrogen-bond acceptors (Lipinski definition) is 4. The van der Waals surface area contributed by atoms with E-state index in [1.165, 1.54) is 0 Å². The van der Waals surface area contributed by atoms with E-state index >= 15 is 0 Å². The van der Waals surface area contributed by atoms with Crippen molar-refractivity contribution in [3.8, 4) is 11.4 Å². The Hall–Kier alpha value is -2.56. The number of imidazole rings is 1. The van der Waals surface area contributed by atoms with Crippen LogP contribution >= 0.6 is 0 Å². The summed E-state index contributed by atoms with van der Waals surface area (Å²) in [5.74, 6) is 1.18. The van der Waals surface area contributed by atoms with Crippen molar-refractivity contribution >= 4 is 17.0 Å². The van der Waals surface area contributed by atoms with Gasteiger partial charge in [-0.2, -0.15) is 0 Å². The standard InChI is InChI=1S/C14H14N4O/c1-9-3-4-13(19-2)12(7-9)18-11-5-6-16-8-10(11)17-14(18)15/h3-8H,1-2H3,(H2,15,17). The number of ether oxygens (including phenoxy) is 1. The number of hydrogen-bond donors (Lipinski definition) is 1. The third-order valence-electron chi connectivity index (χ3n) is 3.06. The normalized spacial score (nSPS) is 10.8. The molecule has 2 aromatic heterocycles. The van der Waals surface area contributed by atoms with E-state index in [4.69, 9.17) is 10.5 Å². The van der Waals surface area contributed by atoms with Crippen molar-refractivity contribution in [2.45, 2.75) is 6.92 Å². The van der Waals surface area contributed by atoms with Crippen LogP contribution in [0.3, 0.4) is 0 Å². The van der Waals surface area contributed by atoms with Gasteiger partial charge in [-0.1, -0.05) is 6.07 Å². The van der Waals surface area contributed by atoms with Crippen LogP contribution < -0.4 is 10.5 Å². The van der Waals surface area contributed by atoms with Gasteiger partial charge in [0.05, 0.1) is 24.5 Å². The zero-order valence-corrected chi connectivity index (χ0v) is 10.8. The molecule has 1 aromatic carbocycles. The first-order chi connectivity index (χ1) is 9.20. The Morgan fingerprint density at radius 3 is 2.89 bits per heavy atom. The molecule has 0 unspecified atom stereocenters. The van der Waals surface area contributed by atoms with Crippen molar-refractivity contribution in [2.75, 3.05) is 12.8 Å². The third kappa shape index (κ3) is 1.79. The lowest BCUT2D eigenvalue weighted by atomic mass is 10.2. The van der Waals surface area contributed by atoms with Crippen molar-refractivity contribution in [3.63, 3.8) is 0 Å². The molecule has 0 saturated carbocycles. The summed E-state index contributed by atoms with van der Waals surface area (Å²) < 4.78 is 7.29. The highest BCUT2D eigenvalue weighted by molar-refractivity contribution is 5.80. The van der Waals surface area contributed by atoms with E-state index in [-0.39, 0.29) is 0 Å². The number of pyridine rings is 1.